The molecular weight excluding hydrogens is 506 g/mol. The van der Waals surface area contributed by atoms with E-state index in [4.69, 9.17) is 14.7 Å². The summed E-state index contributed by atoms with van der Waals surface area (Å²) in [6, 6.07) is 10.4. The Morgan fingerprint density at radius 1 is 1.15 bits per heavy atom. The minimum atomic E-state index is -0.517. The average Bonchev–Trinajstić information content (AvgIpc) is 3.61. The lowest BCUT2D eigenvalue weighted by Crippen LogP contribution is -2.47. The van der Waals surface area contributed by atoms with E-state index in [0.29, 0.717) is 18.3 Å². The van der Waals surface area contributed by atoms with Crippen LogP contribution in [0.2, 0.25) is 0 Å². The second kappa shape index (κ2) is 11.1. The molecule has 1 saturated heterocycles. The van der Waals surface area contributed by atoms with Crippen molar-refractivity contribution in [3.63, 3.8) is 0 Å². The Kier molecular flexibility index (Phi) is 7.64. The molecule has 1 amide bonds. The van der Waals surface area contributed by atoms with Crippen LogP contribution in [0.15, 0.2) is 49.1 Å². The fraction of sp³-hybridized carbons (Fsp3) is 0.483. The van der Waals surface area contributed by atoms with Crippen molar-refractivity contribution in [2.45, 2.75) is 71.7 Å². The first-order valence-corrected chi connectivity index (χ1v) is 13.9. The maximum absolute atomic E-state index is 12.6. The maximum Gasteiger partial charge on any atom is 0.410 e. The fourth-order valence-corrected chi connectivity index (χ4v) is 4.96. The third kappa shape index (κ3) is 5.88. The molecule has 11 nitrogen and oxygen atoms in total. The quantitative estimate of drug-likeness (QED) is 0.344. The van der Waals surface area contributed by atoms with Gasteiger partial charge in [-0.2, -0.15) is 15.1 Å². The molecule has 4 aromatic rings. The number of anilines is 2. The highest BCUT2D eigenvalue weighted by molar-refractivity contribution is 5.84. The van der Waals surface area contributed by atoms with Gasteiger partial charge in [-0.15, -0.1) is 0 Å². The number of aromatic nitrogens is 6. The first-order chi connectivity index (χ1) is 19.1. The number of nitrogens with zero attached hydrogens (tertiary/aromatic N) is 8. The number of amides is 1. The Bertz CT molecular complexity index is 1450. The van der Waals surface area contributed by atoms with Crippen molar-refractivity contribution in [2.75, 3.05) is 30.4 Å². The summed E-state index contributed by atoms with van der Waals surface area (Å²) in [6.07, 6.45) is 6.87. The number of hydrogen-bond acceptors (Lipinski definition) is 8. The second-order valence-electron chi connectivity index (χ2n) is 11.5. The first-order valence-electron chi connectivity index (χ1n) is 13.9. The number of para-hydroxylation sites is 1. The van der Waals surface area contributed by atoms with Gasteiger partial charge in [0.05, 0.1) is 12.0 Å². The highest BCUT2D eigenvalue weighted by atomic mass is 16.6. The summed E-state index contributed by atoms with van der Waals surface area (Å²) in [7, 11) is 1.82. The number of fused-ring (bicyclic) bond motifs is 1. The molecule has 0 radical (unpaired) electrons. The van der Waals surface area contributed by atoms with Crippen molar-refractivity contribution in [3.05, 3.63) is 54.6 Å². The standard InChI is InChI=1S/C29H39N9O2/c1-20(2)37-19-31-24-25(30-18-21-10-7-8-11-23(21)38-15-9-14-32-38)33-27(34-26(24)37)36-16-12-22(13-17-36)35(6)28(39)40-29(3,4)5/h7-11,14-15,19-20,22H,12-13,16-18H2,1-6H3,(H,30,33,34). The van der Waals surface area contributed by atoms with E-state index in [9.17, 15) is 4.79 Å². The molecule has 0 aliphatic carbocycles. The van der Waals surface area contributed by atoms with Gasteiger partial charge in [0.15, 0.2) is 17.0 Å². The van der Waals surface area contributed by atoms with Gasteiger partial charge >= 0.3 is 6.09 Å². The number of imidazole rings is 1. The molecule has 3 aromatic heterocycles. The molecule has 0 spiro atoms. The van der Waals surface area contributed by atoms with Crippen molar-refractivity contribution in [1.29, 1.82) is 0 Å². The highest BCUT2D eigenvalue weighted by Crippen LogP contribution is 2.28. The molecular formula is C29H39N9O2. The molecule has 1 aliphatic rings. The van der Waals surface area contributed by atoms with Gasteiger partial charge in [0, 0.05) is 51.2 Å². The van der Waals surface area contributed by atoms with Crippen LogP contribution in [0, 0.1) is 0 Å². The van der Waals surface area contributed by atoms with Crippen molar-refractivity contribution in [1.82, 2.24) is 34.2 Å². The number of piperidine rings is 1. The topological polar surface area (TPSA) is 106 Å². The Labute approximate surface area is 235 Å². The SMILES string of the molecule is CC(C)n1cnc2c(NCc3ccccc3-n3cccn3)nc(N3CCC(N(C)C(=O)OC(C)(C)C)CC3)nc21. The number of carbonyl (C=O) groups excluding carboxylic acids is 1. The van der Waals surface area contributed by atoms with Crippen LogP contribution in [0.4, 0.5) is 16.6 Å². The number of hydrogen-bond donors (Lipinski definition) is 1. The van der Waals surface area contributed by atoms with Crippen LogP contribution in [0.1, 0.15) is 59.1 Å². The van der Waals surface area contributed by atoms with Crippen molar-refractivity contribution < 1.29 is 9.53 Å². The van der Waals surface area contributed by atoms with E-state index in [2.05, 4.69) is 50.8 Å². The predicted octanol–water partition coefficient (Wildman–Crippen LogP) is 5.04. The first kappa shape index (κ1) is 27.4. The minimum absolute atomic E-state index is 0.104. The summed E-state index contributed by atoms with van der Waals surface area (Å²) in [5, 5.41) is 7.94. The highest BCUT2D eigenvalue weighted by Gasteiger charge is 2.30. The van der Waals surface area contributed by atoms with Crippen LogP contribution in [0.3, 0.4) is 0 Å². The molecule has 4 heterocycles. The molecule has 0 saturated carbocycles. The van der Waals surface area contributed by atoms with E-state index in [-0.39, 0.29) is 18.2 Å². The van der Waals surface area contributed by atoms with E-state index in [1.54, 1.807) is 11.1 Å². The fourth-order valence-electron chi connectivity index (χ4n) is 4.96. The van der Waals surface area contributed by atoms with Gasteiger partial charge < -0.3 is 24.4 Å². The number of benzene rings is 1. The second-order valence-corrected chi connectivity index (χ2v) is 11.5. The Hall–Kier alpha value is -4.15. The van der Waals surface area contributed by atoms with E-state index in [0.717, 1.165) is 48.3 Å². The third-order valence-electron chi connectivity index (χ3n) is 7.13. The van der Waals surface area contributed by atoms with E-state index in [1.165, 1.54) is 0 Å². The van der Waals surface area contributed by atoms with Gasteiger partial charge in [0.2, 0.25) is 5.95 Å². The number of carbonyl (C=O) groups is 1. The lowest BCUT2D eigenvalue weighted by Gasteiger charge is -2.37. The summed E-state index contributed by atoms with van der Waals surface area (Å²) in [4.78, 5) is 31.1. The number of nitrogens with one attached hydrogen (secondary N) is 1. The van der Waals surface area contributed by atoms with Gasteiger partial charge in [-0.3, -0.25) is 0 Å². The Morgan fingerprint density at radius 2 is 1.90 bits per heavy atom. The van der Waals surface area contributed by atoms with Gasteiger partial charge in [-0.05, 0) is 65.2 Å². The molecule has 40 heavy (non-hydrogen) atoms. The normalized spacial score (nSPS) is 14.6. The lowest BCUT2D eigenvalue weighted by atomic mass is 10.0. The molecule has 5 rings (SSSR count). The molecule has 0 bridgehead atoms. The molecule has 212 valence electrons. The molecule has 1 N–H and O–H groups in total. The average molecular weight is 546 g/mol. The van der Waals surface area contributed by atoms with Gasteiger partial charge in [-0.25, -0.2) is 14.5 Å². The predicted molar refractivity (Wildman–Crippen MR) is 156 cm³/mol. The maximum atomic E-state index is 12.6. The van der Waals surface area contributed by atoms with Crippen LogP contribution >= 0.6 is 0 Å². The van der Waals surface area contributed by atoms with Gasteiger partial charge in [-0.1, -0.05) is 18.2 Å². The zero-order valence-corrected chi connectivity index (χ0v) is 24.2. The van der Waals surface area contributed by atoms with Gasteiger partial charge in [0.1, 0.15) is 5.60 Å². The molecule has 1 aliphatic heterocycles. The van der Waals surface area contributed by atoms with Crippen LogP contribution in [0.25, 0.3) is 16.9 Å². The summed E-state index contributed by atoms with van der Waals surface area (Å²) < 4.78 is 9.52. The van der Waals surface area contributed by atoms with Crippen molar-refractivity contribution in [2.24, 2.45) is 0 Å². The molecule has 0 atom stereocenters. The zero-order valence-electron chi connectivity index (χ0n) is 24.2. The van der Waals surface area contributed by atoms with Crippen LogP contribution in [-0.2, 0) is 11.3 Å². The largest absolute Gasteiger partial charge is 0.444 e. The molecule has 0 unspecified atom stereocenters. The molecule has 1 aromatic carbocycles. The number of ether oxygens (including phenoxy) is 1. The summed E-state index contributed by atoms with van der Waals surface area (Å²) in [5.74, 6) is 1.36. The van der Waals surface area contributed by atoms with Crippen molar-refractivity contribution >= 4 is 29.0 Å². The monoisotopic (exact) mass is 545 g/mol. The van der Waals surface area contributed by atoms with Crippen LogP contribution in [0.5, 0.6) is 0 Å². The van der Waals surface area contributed by atoms with Crippen molar-refractivity contribution in [3.8, 4) is 5.69 Å². The van der Waals surface area contributed by atoms with Crippen LogP contribution < -0.4 is 10.2 Å². The molecule has 11 heteroatoms. The minimum Gasteiger partial charge on any atom is -0.444 e. The van der Waals surface area contributed by atoms with Crippen LogP contribution in [-0.4, -0.2) is 72.1 Å². The zero-order chi connectivity index (χ0) is 28.4. The summed E-state index contributed by atoms with van der Waals surface area (Å²) in [6.45, 7) is 11.9. The smallest absolute Gasteiger partial charge is 0.410 e. The third-order valence-corrected chi connectivity index (χ3v) is 7.13. The Balaban J connectivity index is 1.37. The van der Waals surface area contributed by atoms with Gasteiger partial charge in [0.25, 0.3) is 0 Å². The Morgan fingerprint density at radius 3 is 2.58 bits per heavy atom. The van der Waals surface area contributed by atoms with E-state index in [1.807, 2.05) is 63.2 Å². The summed E-state index contributed by atoms with van der Waals surface area (Å²) in [5.41, 5.74) is 3.13. The van der Waals surface area contributed by atoms with E-state index >= 15 is 0 Å². The number of rotatable bonds is 7. The molecule has 1 fully saturated rings. The van der Waals surface area contributed by atoms with E-state index < -0.39 is 5.60 Å². The summed E-state index contributed by atoms with van der Waals surface area (Å²) >= 11 is 0. The lowest BCUT2D eigenvalue weighted by molar-refractivity contribution is 0.0200.